The van der Waals surface area contributed by atoms with Gasteiger partial charge < -0.3 is 15.5 Å². The van der Waals surface area contributed by atoms with Crippen LogP contribution >= 0.6 is 11.6 Å². The Bertz CT molecular complexity index is 634. The van der Waals surface area contributed by atoms with Crippen LogP contribution in [-0.2, 0) is 6.42 Å². The molecule has 23 heavy (non-hydrogen) atoms. The van der Waals surface area contributed by atoms with Crippen molar-refractivity contribution in [1.82, 2.24) is 10.3 Å². The highest BCUT2D eigenvalue weighted by atomic mass is 35.5. The number of amides is 2. The lowest BCUT2D eigenvalue weighted by atomic mass is 10.1. The quantitative estimate of drug-likeness (QED) is 0.703. The molecule has 0 saturated carbocycles. The Kier molecular flexibility index (Phi) is 6.38. The molecule has 1 aromatic carbocycles. The van der Waals surface area contributed by atoms with E-state index in [2.05, 4.69) is 41.8 Å². The maximum Gasteiger partial charge on any atom is 0.319 e. The molecule has 3 N–H and O–H groups in total. The second-order valence-corrected chi connectivity index (χ2v) is 6.00. The van der Waals surface area contributed by atoms with Gasteiger partial charge in [0.1, 0.15) is 6.04 Å². The summed E-state index contributed by atoms with van der Waals surface area (Å²) in [6, 6.07) is 13.7. The number of urea groups is 1. The van der Waals surface area contributed by atoms with E-state index < -0.39 is 0 Å². The average Bonchev–Trinajstić information content (AvgIpc) is 2.54. The van der Waals surface area contributed by atoms with Gasteiger partial charge in [0.05, 0.1) is 26.3 Å². The fourth-order valence-electron chi connectivity index (χ4n) is 2.24. The Balaban J connectivity index is 1.88. The minimum atomic E-state index is -0.279. The monoisotopic (exact) mass is 333 g/mol. The first-order chi connectivity index (χ1) is 11.1. The number of hydrogen-bond acceptors (Lipinski definition) is 2. The van der Waals surface area contributed by atoms with Crippen LogP contribution in [0.1, 0.15) is 5.56 Å². The third kappa shape index (κ3) is 5.54. The minimum absolute atomic E-state index is 0.279. The highest BCUT2D eigenvalue weighted by Gasteiger charge is 2.17. The number of benzene rings is 1. The van der Waals surface area contributed by atoms with E-state index in [1.807, 2.05) is 18.2 Å². The van der Waals surface area contributed by atoms with Crippen LogP contribution in [0.5, 0.6) is 0 Å². The lowest BCUT2D eigenvalue weighted by Gasteiger charge is -2.22. The molecule has 5 nitrogen and oxygen atoms in total. The van der Waals surface area contributed by atoms with Gasteiger partial charge in [-0.2, -0.15) is 0 Å². The number of carbonyl (C=O) groups excluding carboxylic acids is 1. The van der Waals surface area contributed by atoms with E-state index in [4.69, 9.17) is 11.6 Å². The van der Waals surface area contributed by atoms with Crippen LogP contribution in [0.2, 0.25) is 5.15 Å². The second kappa shape index (κ2) is 8.50. The molecular weight excluding hydrogens is 312 g/mol. The molecule has 122 valence electrons. The van der Waals surface area contributed by atoms with Gasteiger partial charge in [0, 0.05) is 12.6 Å². The van der Waals surface area contributed by atoms with Gasteiger partial charge in [-0.3, -0.25) is 0 Å². The topological polar surface area (TPSA) is 58.5 Å². The molecule has 6 heteroatoms. The largest absolute Gasteiger partial charge is 0.336 e. The van der Waals surface area contributed by atoms with Gasteiger partial charge >= 0.3 is 6.03 Å². The Morgan fingerprint density at radius 3 is 2.61 bits per heavy atom. The molecule has 0 unspecified atom stereocenters. The van der Waals surface area contributed by atoms with E-state index in [9.17, 15) is 4.79 Å². The minimum Gasteiger partial charge on any atom is -0.336 e. The number of hydrogen-bond donors (Lipinski definition) is 3. The van der Waals surface area contributed by atoms with E-state index in [0.717, 1.165) is 6.42 Å². The van der Waals surface area contributed by atoms with Gasteiger partial charge in [-0.05, 0) is 17.7 Å². The molecule has 2 aromatic rings. The normalized spacial score (nSPS) is 12.0. The number of pyridine rings is 1. The molecule has 1 atom stereocenters. The molecule has 0 radical (unpaired) electrons. The lowest BCUT2D eigenvalue weighted by molar-refractivity contribution is -0.884. The van der Waals surface area contributed by atoms with Gasteiger partial charge in [-0.15, -0.1) is 0 Å². The number of rotatable bonds is 6. The number of aromatic nitrogens is 1. The number of likely N-dealkylation sites (N-methyl/N-ethyl adjacent to an activating group) is 1. The maximum atomic E-state index is 12.0. The van der Waals surface area contributed by atoms with E-state index in [0.29, 0.717) is 12.2 Å². The number of quaternary nitrogens is 1. The number of nitrogens with one attached hydrogen (secondary N) is 3. The fourth-order valence-corrected chi connectivity index (χ4v) is 2.41. The van der Waals surface area contributed by atoms with Crippen LogP contribution in [0, 0.1) is 0 Å². The zero-order valence-corrected chi connectivity index (χ0v) is 14.1. The van der Waals surface area contributed by atoms with Gasteiger partial charge in [0.2, 0.25) is 0 Å². The Hall–Kier alpha value is -2.11. The third-order valence-electron chi connectivity index (χ3n) is 3.66. The fraction of sp³-hybridized carbons (Fsp3) is 0.294. The first kappa shape index (κ1) is 17.2. The van der Waals surface area contributed by atoms with Crippen LogP contribution in [-0.4, -0.2) is 37.7 Å². The summed E-state index contributed by atoms with van der Waals surface area (Å²) < 4.78 is 0. The summed E-state index contributed by atoms with van der Waals surface area (Å²) in [6.07, 6.45) is 2.48. The third-order valence-corrected chi connectivity index (χ3v) is 3.96. The molecule has 1 heterocycles. The highest BCUT2D eigenvalue weighted by Crippen LogP contribution is 2.16. The maximum absolute atomic E-state index is 12.0. The highest BCUT2D eigenvalue weighted by molar-refractivity contribution is 6.32. The Labute approximate surface area is 141 Å². The molecule has 0 bridgehead atoms. The van der Waals surface area contributed by atoms with Crippen molar-refractivity contribution in [3.05, 3.63) is 59.4 Å². The zero-order chi connectivity index (χ0) is 16.7. The molecule has 0 fully saturated rings. The van der Waals surface area contributed by atoms with Gasteiger partial charge in [-0.25, -0.2) is 9.78 Å². The average molecular weight is 334 g/mol. The SMILES string of the molecule is C[NH+](C)[C@@H](CNC(=O)Nc1cccnc1Cl)Cc1ccccc1. The molecule has 2 rings (SSSR count). The smallest absolute Gasteiger partial charge is 0.319 e. The number of halogens is 1. The summed E-state index contributed by atoms with van der Waals surface area (Å²) in [7, 11) is 4.18. The molecule has 2 amide bonds. The van der Waals surface area contributed by atoms with Crippen molar-refractivity contribution in [2.45, 2.75) is 12.5 Å². The van der Waals surface area contributed by atoms with Crippen molar-refractivity contribution in [1.29, 1.82) is 0 Å². The molecule has 0 aliphatic heterocycles. The molecule has 0 saturated heterocycles. The van der Waals surface area contributed by atoms with Crippen molar-refractivity contribution in [3.8, 4) is 0 Å². The van der Waals surface area contributed by atoms with Crippen LogP contribution in [0.25, 0.3) is 0 Å². The Morgan fingerprint density at radius 2 is 1.96 bits per heavy atom. The van der Waals surface area contributed by atoms with E-state index in [-0.39, 0.29) is 17.2 Å². The van der Waals surface area contributed by atoms with Crippen molar-refractivity contribution in [2.75, 3.05) is 26.0 Å². The molecule has 1 aromatic heterocycles. The Morgan fingerprint density at radius 1 is 1.22 bits per heavy atom. The van der Waals surface area contributed by atoms with E-state index in [1.165, 1.54) is 10.5 Å². The lowest BCUT2D eigenvalue weighted by Crippen LogP contribution is -3.11. The summed E-state index contributed by atoms with van der Waals surface area (Å²) in [4.78, 5) is 17.2. The molecule has 0 aliphatic carbocycles. The number of nitrogens with zero attached hydrogens (tertiary/aromatic N) is 1. The summed E-state index contributed by atoms with van der Waals surface area (Å²) >= 11 is 5.93. The number of anilines is 1. The molecule has 0 aliphatic rings. The second-order valence-electron chi connectivity index (χ2n) is 5.64. The first-order valence-corrected chi connectivity index (χ1v) is 7.93. The predicted molar refractivity (Wildman–Crippen MR) is 93.0 cm³/mol. The molecule has 0 spiro atoms. The van der Waals surface area contributed by atoms with Crippen LogP contribution in [0.15, 0.2) is 48.7 Å². The van der Waals surface area contributed by atoms with Crippen molar-refractivity contribution in [2.24, 2.45) is 0 Å². The summed E-state index contributed by atoms with van der Waals surface area (Å²) in [5, 5.41) is 5.90. The van der Waals surface area contributed by atoms with E-state index in [1.54, 1.807) is 18.3 Å². The van der Waals surface area contributed by atoms with Crippen LogP contribution in [0.3, 0.4) is 0 Å². The summed E-state index contributed by atoms with van der Waals surface area (Å²) in [5.74, 6) is 0. The van der Waals surface area contributed by atoms with Crippen molar-refractivity contribution < 1.29 is 9.69 Å². The summed E-state index contributed by atoms with van der Waals surface area (Å²) in [5.41, 5.74) is 1.76. The van der Waals surface area contributed by atoms with Crippen molar-refractivity contribution >= 4 is 23.3 Å². The standard InChI is InChI=1S/C17H21ClN4O/c1-22(2)14(11-13-7-4-3-5-8-13)12-20-17(23)21-15-9-6-10-19-16(15)18/h3-10,14H,11-12H2,1-2H3,(H2,20,21,23)/p+1/t14-/m1/s1. The van der Waals surface area contributed by atoms with Crippen molar-refractivity contribution in [3.63, 3.8) is 0 Å². The van der Waals surface area contributed by atoms with Gasteiger partial charge in [0.25, 0.3) is 0 Å². The van der Waals surface area contributed by atoms with Gasteiger partial charge in [0.15, 0.2) is 5.15 Å². The summed E-state index contributed by atoms with van der Waals surface area (Å²) in [6.45, 7) is 0.570. The van der Waals surface area contributed by atoms with Gasteiger partial charge in [-0.1, -0.05) is 41.9 Å². The predicted octanol–water partition coefficient (Wildman–Crippen LogP) is 1.61. The first-order valence-electron chi connectivity index (χ1n) is 7.55. The van der Waals surface area contributed by atoms with Crippen LogP contribution in [0.4, 0.5) is 10.5 Å². The van der Waals surface area contributed by atoms with E-state index >= 15 is 0 Å². The number of carbonyl (C=O) groups is 1. The molecular formula is C17H22ClN4O+. The van der Waals surface area contributed by atoms with Crippen LogP contribution < -0.4 is 15.5 Å². The zero-order valence-electron chi connectivity index (χ0n) is 13.3.